The predicted molar refractivity (Wildman–Crippen MR) is 77.3 cm³/mol. The average molecular weight is 263 g/mol. The monoisotopic (exact) mass is 263 g/mol. The van der Waals surface area contributed by atoms with Crippen LogP contribution in [0.15, 0.2) is 18.2 Å². The van der Waals surface area contributed by atoms with Crippen LogP contribution in [0.3, 0.4) is 0 Å². The molecule has 0 aromatic heterocycles. The van der Waals surface area contributed by atoms with Crippen molar-refractivity contribution >= 4 is 0 Å². The van der Waals surface area contributed by atoms with E-state index in [4.69, 9.17) is 0 Å². The molecular formula is C16H25NO2. The molecule has 1 aromatic rings. The summed E-state index contributed by atoms with van der Waals surface area (Å²) in [5, 5.41) is 22.4. The van der Waals surface area contributed by atoms with Gasteiger partial charge in [0, 0.05) is 18.7 Å². The minimum absolute atomic E-state index is 0.227. The van der Waals surface area contributed by atoms with Gasteiger partial charge in [-0.05, 0) is 54.9 Å². The quantitative estimate of drug-likeness (QED) is 0.765. The summed E-state index contributed by atoms with van der Waals surface area (Å²) in [6.07, 6.45) is 4.13. The van der Waals surface area contributed by atoms with Crippen molar-refractivity contribution < 1.29 is 10.2 Å². The van der Waals surface area contributed by atoms with Crippen molar-refractivity contribution in [3.63, 3.8) is 0 Å². The number of aromatic hydroxyl groups is 1. The molecule has 106 valence electrons. The molecule has 19 heavy (non-hydrogen) atoms. The molecule has 0 spiro atoms. The highest BCUT2D eigenvalue weighted by molar-refractivity contribution is 5.38. The molecule has 0 radical (unpaired) electrons. The third kappa shape index (κ3) is 3.48. The van der Waals surface area contributed by atoms with E-state index in [9.17, 15) is 10.2 Å². The Balaban J connectivity index is 2.14. The maximum absolute atomic E-state index is 9.58. The number of nitrogens with one attached hydrogen (secondary N) is 1. The second kappa shape index (κ2) is 6.40. The first-order valence-corrected chi connectivity index (χ1v) is 7.30. The Labute approximate surface area is 115 Å². The molecule has 0 heterocycles. The minimum Gasteiger partial charge on any atom is -0.508 e. The first kappa shape index (κ1) is 14.4. The molecule has 3 heteroatoms. The van der Waals surface area contributed by atoms with E-state index in [0.29, 0.717) is 23.8 Å². The van der Waals surface area contributed by atoms with Crippen LogP contribution in [0.25, 0.3) is 0 Å². The number of fused-ring (bicyclic) bond motifs is 1. The van der Waals surface area contributed by atoms with E-state index < -0.39 is 0 Å². The second-order valence-corrected chi connectivity index (χ2v) is 5.86. The molecule has 1 aliphatic rings. The lowest BCUT2D eigenvalue weighted by atomic mass is 9.86. The molecular weight excluding hydrogens is 238 g/mol. The van der Waals surface area contributed by atoms with E-state index in [1.54, 1.807) is 6.07 Å². The number of benzene rings is 1. The molecule has 1 aliphatic carbocycles. The fraction of sp³-hybridized carbons (Fsp3) is 0.625. The van der Waals surface area contributed by atoms with Crippen LogP contribution >= 0.6 is 0 Å². The Morgan fingerprint density at radius 3 is 2.84 bits per heavy atom. The van der Waals surface area contributed by atoms with Crippen molar-refractivity contribution in [1.82, 2.24) is 5.32 Å². The van der Waals surface area contributed by atoms with E-state index >= 15 is 0 Å². The Hall–Kier alpha value is -1.06. The van der Waals surface area contributed by atoms with Crippen molar-refractivity contribution in [2.75, 3.05) is 6.61 Å². The average Bonchev–Trinajstić information content (AvgIpc) is 2.37. The highest BCUT2D eigenvalue weighted by atomic mass is 16.3. The molecule has 0 fully saturated rings. The summed E-state index contributed by atoms with van der Waals surface area (Å²) in [5.41, 5.74) is 2.57. The van der Waals surface area contributed by atoms with Crippen LogP contribution in [-0.2, 0) is 6.42 Å². The van der Waals surface area contributed by atoms with Crippen LogP contribution < -0.4 is 5.32 Å². The first-order valence-electron chi connectivity index (χ1n) is 7.30. The van der Waals surface area contributed by atoms with Crippen LogP contribution in [0.4, 0.5) is 0 Å². The molecule has 2 unspecified atom stereocenters. The maximum atomic E-state index is 9.58. The van der Waals surface area contributed by atoms with Gasteiger partial charge in [-0.15, -0.1) is 0 Å². The highest BCUT2D eigenvalue weighted by Crippen LogP contribution is 2.32. The van der Waals surface area contributed by atoms with Gasteiger partial charge in [-0.1, -0.05) is 19.9 Å². The van der Waals surface area contributed by atoms with Crippen LogP contribution in [0.1, 0.15) is 50.3 Å². The van der Waals surface area contributed by atoms with Gasteiger partial charge >= 0.3 is 0 Å². The molecule has 0 saturated carbocycles. The summed E-state index contributed by atoms with van der Waals surface area (Å²) >= 11 is 0. The van der Waals surface area contributed by atoms with Crippen molar-refractivity contribution in [2.24, 2.45) is 5.92 Å². The van der Waals surface area contributed by atoms with Crippen LogP contribution in [0, 0.1) is 5.92 Å². The van der Waals surface area contributed by atoms with Crippen LogP contribution in [0.2, 0.25) is 0 Å². The summed E-state index contributed by atoms with van der Waals surface area (Å²) in [6.45, 7) is 4.60. The van der Waals surface area contributed by atoms with Gasteiger partial charge in [0.1, 0.15) is 5.75 Å². The number of hydrogen-bond acceptors (Lipinski definition) is 3. The standard InChI is InChI=1S/C16H25NO2/c1-11(2)15(8-9-18)17-16-5-3-4-12-10-13(19)6-7-14(12)16/h6-7,10-11,15-19H,3-5,8-9H2,1-2H3. The summed E-state index contributed by atoms with van der Waals surface area (Å²) in [5.74, 6) is 0.866. The smallest absolute Gasteiger partial charge is 0.115 e. The fourth-order valence-electron chi connectivity index (χ4n) is 2.98. The normalized spacial score (nSPS) is 20.3. The number of hydrogen-bond donors (Lipinski definition) is 3. The summed E-state index contributed by atoms with van der Waals surface area (Å²) < 4.78 is 0. The third-order valence-corrected chi connectivity index (χ3v) is 4.10. The van der Waals surface area contributed by atoms with Gasteiger partial charge in [-0.25, -0.2) is 0 Å². The van der Waals surface area contributed by atoms with Crippen molar-refractivity contribution in [1.29, 1.82) is 0 Å². The summed E-state index contributed by atoms with van der Waals surface area (Å²) in [7, 11) is 0. The van der Waals surface area contributed by atoms with E-state index in [2.05, 4.69) is 19.2 Å². The van der Waals surface area contributed by atoms with Crippen molar-refractivity contribution in [3.8, 4) is 5.75 Å². The van der Waals surface area contributed by atoms with E-state index in [0.717, 1.165) is 25.7 Å². The zero-order chi connectivity index (χ0) is 13.8. The topological polar surface area (TPSA) is 52.5 Å². The van der Waals surface area contributed by atoms with Crippen molar-refractivity contribution in [2.45, 2.75) is 51.6 Å². The Bertz CT molecular complexity index is 417. The minimum atomic E-state index is 0.227. The number of aliphatic hydroxyl groups excluding tert-OH is 1. The highest BCUT2D eigenvalue weighted by Gasteiger charge is 2.24. The molecule has 3 nitrogen and oxygen atoms in total. The van der Waals surface area contributed by atoms with E-state index in [1.807, 2.05) is 12.1 Å². The second-order valence-electron chi connectivity index (χ2n) is 5.86. The molecule has 1 aromatic carbocycles. The predicted octanol–water partition coefficient (Wildman–Crippen LogP) is 2.77. The van der Waals surface area contributed by atoms with Gasteiger partial charge in [0.15, 0.2) is 0 Å². The number of aryl methyl sites for hydroxylation is 1. The Morgan fingerprint density at radius 2 is 2.16 bits per heavy atom. The van der Waals surface area contributed by atoms with Gasteiger partial charge in [0.2, 0.25) is 0 Å². The van der Waals surface area contributed by atoms with Gasteiger partial charge in [-0.3, -0.25) is 0 Å². The van der Waals surface area contributed by atoms with E-state index in [-0.39, 0.29) is 6.61 Å². The number of rotatable bonds is 5. The Kier molecular flexibility index (Phi) is 4.83. The largest absolute Gasteiger partial charge is 0.508 e. The molecule has 2 atom stereocenters. The lowest BCUT2D eigenvalue weighted by Gasteiger charge is -2.32. The van der Waals surface area contributed by atoms with Crippen molar-refractivity contribution in [3.05, 3.63) is 29.3 Å². The third-order valence-electron chi connectivity index (χ3n) is 4.10. The molecule has 0 saturated heterocycles. The summed E-state index contributed by atoms with van der Waals surface area (Å²) in [4.78, 5) is 0. The lowest BCUT2D eigenvalue weighted by Crippen LogP contribution is -2.38. The van der Waals surface area contributed by atoms with Gasteiger partial charge in [0.25, 0.3) is 0 Å². The number of phenols is 1. The number of aliphatic hydroxyl groups is 1. The first-order chi connectivity index (χ1) is 9.11. The lowest BCUT2D eigenvalue weighted by molar-refractivity contribution is 0.230. The molecule has 0 aliphatic heterocycles. The van der Waals surface area contributed by atoms with Crippen LogP contribution in [0.5, 0.6) is 5.75 Å². The molecule has 2 rings (SSSR count). The molecule has 0 amide bonds. The van der Waals surface area contributed by atoms with E-state index in [1.165, 1.54) is 11.1 Å². The van der Waals surface area contributed by atoms with Gasteiger partial charge < -0.3 is 15.5 Å². The molecule has 3 N–H and O–H groups in total. The zero-order valence-corrected chi connectivity index (χ0v) is 11.9. The zero-order valence-electron chi connectivity index (χ0n) is 11.9. The van der Waals surface area contributed by atoms with Crippen LogP contribution in [-0.4, -0.2) is 22.9 Å². The fourth-order valence-corrected chi connectivity index (χ4v) is 2.98. The number of phenolic OH excluding ortho intramolecular Hbond substituents is 1. The Morgan fingerprint density at radius 1 is 1.37 bits per heavy atom. The SMILES string of the molecule is CC(C)C(CCO)NC1CCCc2cc(O)ccc21. The van der Waals surface area contributed by atoms with Gasteiger partial charge in [0.05, 0.1) is 0 Å². The maximum Gasteiger partial charge on any atom is 0.115 e. The summed E-state index contributed by atoms with van der Waals surface area (Å²) in [6, 6.07) is 6.39. The van der Waals surface area contributed by atoms with Gasteiger partial charge in [-0.2, -0.15) is 0 Å². The molecule has 0 bridgehead atoms.